The van der Waals surface area contributed by atoms with E-state index in [0.29, 0.717) is 12.1 Å². The topological polar surface area (TPSA) is 60.5 Å². The summed E-state index contributed by atoms with van der Waals surface area (Å²) >= 11 is 0. The number of rotatable bonds is 10. The molecule has 6 nitrogen and oxygen atoms in total. The van der Waals surface area contributed by atoms with Crippen LogP contribution in [0, 0.1) is 0 Å². The number of anilines is 3. The van der Waals surface area contributed by atoms with Crippen molar-refractivity contribution >= 4 is 23.1 Å². The van der Waals surface area contributed by atoms with Crippen molar-refractivity contribution in [2.45, 2.75) is 20.3 Å². The average Bonchev–Trinajstić information content (AvgIpc) is 2.68. The fourth-order valence-corrected chi connectivity index (χ4v) is 2.79. The second-order valence-electron chi connectivity index (χ2n) is 6.69. The molecule has 2 rings (SSSR count). The maximum absolute atomic E-state index is 12.1. The van der Waals surface area contributed by atoms with Crippen LogP contribution in [0.1, 0.15) is 30.6 Å². The van der Waals surface area contributed by atoms with E-state index in [4.69, 9.17) is 0 Å². The van der Waals surface area contributed by atoms with Gasteiger partial charge in [0.25, 0.3) is 5.91 Å². The molecule has 0 saturated heterocycles. The molecule has 0 aliphatic rings. The van der Waals surface area contributed by atoms with E-state index in [9.17, 15) is 4.79 Å². The summed E-state index contributed by atoms with van der Waals surface area (Å²) in [6, 6.07) is 11.9. The van der Waals surface area contributed by atoms with E-state index in [0.717, 1.165) is 37.6 Å². The summed E-state index contributed by atoms with van der Waals surface area (Å²) in [7, 11) is 4.04. The van der Waals surface area contributed by atoms with Gasteiger partial charge in [-0.2, -0.15) is 0 Å². The van der Waals surface area contributed by atoms with Crippen LogP contribution < -0.4 is 15.5 Å². The molecule has 1 heterocycles. The molecule has 0 radical (unpaired) electrons. The molecule has 27 heavy (non-hydrogen) atoms. The summed E-state index contributed by atoms with van der Waals surface area (Å²) in [4.78, 5) is 20.9. The summed E-state index contributed by atoms with van der Waals surface area (Å²) in [6.07, 6.45) is 2.53. The highest BCUT2D eigenvalue weighted by Crippen LogP contribution is 2.20. The zero-order valence-electron chi connectivity index (χ0n) is 16.8. The van der Waals surface area contributed by atoms with Gasteiger partial charge in [0.05, 0.1) is 5.56 Å². The molecule has 0 saturated carbocycles. The van der Waals surface area contributed by atoms with Gasteiger partial charge in [-0.1, -0.05) is 0 Å². The van der Waals surface area contributed by atoms with Crippen molar-refractivity contribution in [1.29, 1.82) is 0 Å². The lowest BCUT2D eigenvalue weighted by atomic mass is 10.2. The Kier molecular flexibility index (Phi) is 8.07. The Bertz CT molecular complexity index is 694. The fraction of sp³-hybridized carbons (Fsp3) is 0.429. The van der Waals surface area contributed by atoms with E-state index >= 15 is 0 Å². The number of hydrogen-bond acceptors (Lipinski definition) is 5. The van der Waals surface area contributed by atoms with Gasteiger partial charge in [-0.25, -0.2) is 4.98 Å². The molecular weight excluding hydrogens is 338 g/mol. The van der Waals surface area contributed by atoms with Crippen molar-refractivity contribution in [1.82, 2.24) is 15.2 Å². The van der Waals surface area contributed by atoms with Crippen molar-refractivity contribution in [2.24, 2.45) is 0 Å². The van der Waals surface area contributed by atoms with E-state index in [1.807, 2.05) is 32.3 Å². The predicted molar refractivity (Wildman–Crippen MR) is 113 cm³/mol. The molecule has 2 aromatic rings. The number of pyridine rings is 1. The summed E-state index contributed by atoms with van der Waals surface area (Å²) in [5.41, 5.74) is 2.75. The van der Waals surface area contributed by atoms with Crippen molar-refractivity contribution < 1.29 is 4.79 Å². The molecule has 0 aliphatic carbocycles. The van der Waals surface area contributed by atoms with Crippen LogP contribution in [0.3, 0.4) is 0 Å². The molecule has 2 N–H and O–H groups in total. The van der Waals surface area contributed by atoms with Crippen LogP contribution in [0.5, 0.6) is 0 Å². The Balaban J connectivity index is 1.88. The lowest BCUT2D eigenvalue weighted by Gasteiger charge is -2.21. The first-order valence-electron chi connectivity index (χ1n) is 9.54. The third-order valence-electron chi connectivity index (χ3n) is 4.36. The number of carbonyl (C=O) groups is 1. The maximum atomic E-state index is 12.1. The second-order valence-corrected chi connectivity index (χ2v) is 6.69. The normalized spacial score (nSPS) is 10.7. The van der Waals surface area contributed by atoms with Gasteiger partial charge in [0.1, 0.15) is 5.82 Å². The first kappa shape index (κ1) is 20.7. The van der Waals surface area contributed by atoms with Gasteiger partial charge < -0.3 is 20.4 Å². The minimum absolute atomic E-state index is 0.0867. The molecule has 0 fully saturated rings. The van der Waals surface area contributed by atoms with Crippen LogP contribution in [-0.2, 0) is 0 Å². The summed E-state index contributed by atoms with van der Waals surface area (Å²) in [6.45, 7) is 7.90. The van der Waals surface area contributed by atoms with Crippen LogP contribution in [0.2, 0.25) is 0 Å². The molecule has 1 aromatic carbocycles. The molecule has 1 aromatic heterocycles. The van der Waals surface area contributed by atoms with Gasteiger partial charge in [-0.05, 0) is 77.3 Å². The highest BCUT2D eigenvalue weighted by molar-refractivity contribution is 5.94. The lowest BCUT2D eigenvalue weighted by Crippen LogP contribution is -2.27. The monoisotopic (exact) mass is 369 g/mol. The standard InChI is InChI=1S/C21H31N5O/c1-5-26(6-2)19-11-9-18(10-12-19)24-20-13-8-17(16-23-20)21(27)22-14-7-15-25(3)4/h8-13,16H,5-7,14-15H2,1-4H3,(H,22,27)(H,23,24). The van der Waals surface area contributed by atoms with E-state index < -0.39 is 0 Å². The number of benzene rings is 1. The van der Waals surface area contributed by atoms with Crippen LogP contribution >= 0.6 is 0 Å². The number of nitrogens with zero attached hydrogens (tertiary/aromatic N) is 3. The van der Waals surface area contributed by atoms with E-state index in [1.54, 1.807) is 12.3 Å². The Morgan fingerprint density at radius 1 is 1.04 bits per heavy atom. The Hall–Kier alpha value is -2.60. The first-order chi connectivity index (χ1) is 13.0. The molecule has 0 bridgehead atoms. The van der Waals surface area contributed by atoms with Crippen molar-refractivity contribution in [2.75, 3.05) is 50.5 Å². The number of carbonyl (C=O) groups excluding carboxylic acids is 1. The maximum Gasteiger partial charge on any atom is 0.252 e. The highest BCUT2D eigenvalue weighted by Gasteiger charge is 2.06. The first-order valence-corrected chi connectivity index (χ1v) is 9.54. The minimum atomic E-state index is -0.0867. The summed E-state index contributed by atoms with van der Waals surface area (Å²) in [5.74, 6) is 0.631. The molecular formula is C21H31N5O. The molecule has 0 aliphatic heterocycles. The van der Waals surface area contributed by atoms with Crippen LogP contribution in [0.25, 0.3) is 0 Å². The summed E-state index contributed by atoms with van der Waals surface area (Å²) in [5, 5.41) is 6.19. The molecule has 0 unspecified atom stereocenters. The van der Waals surface area contributed by atoms with E-state index in [2.05, 4.69) is 51.4 Å². The smallest absolute Gasteiger partial charge is 0.252 e. The molecule has 0 atom stereocenters. The van der Waals surface area contributed by atoms with Crippen LogP contribution in [0.4, 0.5) is 17.2 Å². The fourth-order valence-electron chi connectivity index (χ4n) is 2.79. The number of hydrogen-bond donors (Lipinski definition) is 2. The largest absolute Gasteiger partial charge is 0.372 e. The van der Waals surface area contributed by atoms with Gasteiger partial charge in [0.15, 0.2) is 0 Å². The number of aromatic nitrogens is 1. The van der Waals surface area contributed by atoms with Crippen molar-refractivity contribution in [3.63, 3.8) is 0 Å². The SMILES string of the molecule is CCN(CC)c1ccc(Nc2ccc(C(=O)NCCCN(C)C)cn2)cc1. The van der Waals surface area contributed by atoms with Crippen LogP contribution in [0.15, 0.2) is 42.6 Å². The molecule has 146 valence electrons. The van der Waals surface area contributed by atoms with Gasteiger partial charge >= 0.3 is 0 Å². The van der Waals surface area contributed by atoms with Crippen LogP contribution in [-0.4, -0.2) is 56.1 Å². The Labute approximate surface area is 162 Å². The van der Waals surface area contributed by atoms with Gasteiger partial charge in [0.2, 0.25) is 0 Å². The highest BCUT2D eigenvalue weighted by atomic mass is 16.1. The Morgan fingerprint density at radius 2 is 1.74 bits per heavy atom. The van der Waals surface area contributed by atoms with Crippen molar-refractivity contribution in [3.8, 4) is 0 Å². The second kappa shape index (κ2) is 10.5. The summed E-state index contributed by atoms with van der Waals surface area (Å²) < 4.78 is 0. The third-order valence-corrected chi connectivity index (χ3v) is 4.36. The predicted octanol–water partition coefficient (Wildman–Crippen LogP) is 3.35. The molecule has 6 heteroatoms. The number of amides is 1. The molecule has 0 spiro atoms. The number of nitrogens with one attached hydrogen (secondary N) is 2. The van der Waals surface area contributed by atoms with Gasteiger partial charge in [-0.15, -0.1) is 0 Å². The van der Waals surface area contributed by atoms with E-state index in [1.165, 1.54) is 5.69 Å². The quantitative estimate of drug-likeness (QED) is 0.629. The van der Waals surface area contributed by atoms with Crippen molar-refractivity contribution in [3.05, 3.63) is 48.2 Å². The zero-order valence-corrected chi connectivity index (χ0v) is 16.8. The van der Waals surface area contributed by atoms with Gasteiger partial charge in [-0.3, -0.25) is 4.79 Å². The Morgan fingerprint density at radius 3 is 2.30 bits per heavy atom. The third kappa shape index (κ3) is 6.57. The zero-order chi connectivity index (χ0) is 19.6. The van der Waals surface area contributed by atoms with Gasteiger partial charge in [0, 0.05) is 37.2 Å². The van der Waals surface area contributed by atoms with E-state index in [-0.39, 0.29) is 5.91 Å². The average molecular weight is 370 g/mol. The molecule has 1 amide bonds. The minimum Gasteiger partial charge on any atom is -0.372 e. The lowest BCUT2D eigenvalue weighted by molar-refractivity contribution is 0.0952.